The third-order valence-electron chi connectivity index (χ3n) is 4.05. The monoisotopic (exact) mass is 456 g/mol. The third-order valence-corrected chi connectivity index (χ3v) is 4.85. The van der Waals surface area contributed by atoms with Gasteiger partial charge in [0.2, 0.25) is 0 Å². The number of nitriles is 1. The topological polar surface area (TPSA) is 62.1 Å². The molecule has 0 aliphatic rings. The number of hydrogen-bond donors (Lipinski definition) is 1. The van der Waals surface area contributed by atoms with Crippen molar-refractivity contribution in [3.8, 4) is 11.8 Å². The molecule has 0 fully saturated rings. The molecule has 7 heteroatoms. The van der Waals surface area contributed by atoms with Crippen LogP contribution in [0.2, 0.25) is 15.1 Å². The van der Waals surface area contributed by atoms with Crippen LogP contribution in [-0.2, 0) is 11.4 Å². The van der Waals surface area contributed by atoms with Gasteiger partial charge in [0.15, 0.2) is 0 Å². The van der Waals surface area contributed by atoms with E-state index >= 15 is 0 Å². The number of halogens is 3. The Bertz CT molecular complexity index is 1130. The number of benzene rings is 3. The molecule has 1 amide bonds. The van der Waals surface area contributed by atoms with Gasteiger partial charge in [-0.1, -0.05) is 71.2 Å². The first kappa shape index (κ1) is 21.7. The lowest BCUT2D eigenvalue weighted by Gasteiger charge is -2.11. The lowest BCUT2D eigenvalue weighted by atomic mass is 10.1. The van der Waals surface area contributed by atoms with E-state index in [1.54, 1.807) is 48.5 Å². The Balaban J connectivity index is 1.81. The first-order valence-corrected chi connectivity index (χ1v) is 9.94. The van der Waals surface area contributed by atoms with Crippen LogP contribution in [0.25, 0.3) is 6.08 Å². The van der Waals surface area contributed by atoms with E-state index in [9.17, 15) is 10.1 Å². The Labute approximate surface area is 189 Å². The molecule has 3 aromatic carbocycles. The van der Waals surface area contributed by atoms with E-state index in [-0.39, 0.29) is 12.2 Å². The smallest absolute Gasteiger partial charge is 0.266 e. The van der Waals surface area contributed by atoms with Gasteiger partial charge in [-0.25, -0.2) is 0 Å². The third kappa shape index (κ3) is 5.77. The molecule has 3 rings (SSSR count). The van der Waals surface area contributed by atoms with E-state index in [2.05, 4.69) is 5.32 Å². The summed E-state index contributed by atoms with van der Waals surface area (Å²) < 4.78 is 5.87. The second-order valence-electron chi connectivity index (χ2n) is 6.20. The number of carbonyl (C=O) groups is 1. The van der Waals surface area contributed by atoms with Gasteiger partial charge in [-0.2, -0.15) is 5.26 Å². The molecule has 4 nitrogen and oxygen atoms in total. The second kappa shape index (κ2) is 10.2. The average molecular weight is 458 g/mol. The van der Waals surface area contributed by atoms with E-state index in [1.807, 2.05) is 24.3 Å². The minimum Gasteiger partial charge on any atom is -0.488 e. The zero-order valence-corrected chi connectivity index (χ0v) is 17.8. The highest BCUT2D eigenvalue weighted by Gasteiger charge is 2.12. The van der Waals surface area contributed by atoms with Crippen molar-refractivity contribution in [2.75, 3.05) is 5.32 Å². The normalized spacial score (nSPS) is 10.9. The summed E-state index contributed by atoms with van der Waals surface area (Å²) in [6, 6.07) is 21.0. The van der Waals surface area contributed by atoms with Gasteiger partial charge in [-0.3, -0.25) is 4.79 Å². The van der Waals surface area contributed by atoms with Crippen molar-refractivity contribution in [1.29, 1.82) is 5.26 Å². The van der Waals surface area contributed by atoms with Crippen LogP contribution in [-0.4, -0.2) is 5.91 Å². The molecule has 150 valence electrons. The Morgan fingerprint density at radius 1 is 1.00 bits per heavy atom. The molecule has 0 aromatic heterocycles. The summed E-state index contributed by atoms with van der Waals surface area (Å²) in [5.74, 6) is -0.0690. The summed E-state index contributed by atoms with van der Waals surface area (Å²) in [5.41, 5.74) is 1.70. The lowest BCUT2D eigenvalue weighted by Crippen LogP contribution is -2.13. The molecular formula is C23H15Cl3N2O2. The van der Waals surface area contributed by atoms with Crippen LogP contribution in [0.4, 0.5) is 5.69 Å². The molecule has 0 unspecified atom stereocenters. The number of carbonyl (C=O) groups excluding carboxylic acids is 1. The minimum atomic E-state index is -0.586. The summed E-state index contributed by atoms with van der Waals surface area (Å²) >= 11 is 18.1. The van der Waals surface area contributed by atoms with Gasteiger partial charge >= 0.3 is 0 Å². The number of hydrogen-bond acceptors (Lipinski definition) is 3. The number of anilines is 1. The van der Waals surface area contributed by atoms with Gasteiger partial charge in [-0.15, -0.1) is 0 Å². The molecule has 0 heterocycles. The van der Waals surface area contributed by atoms with E-state index in [0.29, 0.717) is 32.1 Å². The number of amides is 1. The van der Waals surface area contributed by atoms with Gasteiger partial charge < -0.3 is 10.1 Å². The fraction of sp³-hybridized carbons (Fsp3) is 0.0435. The van der Waals surface area contributed by atoms with Crippen LogP contribution in [0.5, 0.6) is 5.75 Å². The summed E-state index contributed by atoms with van der Waals surface area (Å²) in [4.78, 5) is 12.6. The maximum absolute atomic E-state index is 12.6. The highest BCUT2D eigenvalue weighted by molar-refractivity contribution is 6.35. The predicted molar refractivity (Wildman–Crippen MR) is 121 cm³/mol. The maximum Gasteiger partial charge on any atom is 0.266 e. The Morgan fingerprint density at radius 3 is 2.37 bits per heavy atom. The van der Waals surface area contributed by atoms with Gasteiger partial charge in [0, 0.05) is 31.9 Å². The van der Waals surface area contributed by atoms with Crippen LogP contribution >= 0.6 is 34.8 Å². The molecule has 0 saturated heterocycles. The van der Waals surface area contributed by atoms with Crippen molar-refractivity contribution in [1.82, 2.24) is 0 Å². The van der Waals surface area contributed by atoms with Crippen molar-refractivity contribution < 1.29 is 9.53 Å². The van der Waals surface area contributed by atoms with Crippen molar-refractivity contribution in [3.05, 3.63) is 98.5 Å². The fourth-order valence-electron chi connectivity index (χ4n) is 2.63. The summed E-state index contributed by atoms with van der Waals surface area (Å²) in [6.45, 7) is 0.250. The number of nitrogens with one attached hydrogen (secondary N) is 1. The van der Waals surface area contributed by atoms with Gasteiger partial charge in [0.05, 0.1) is 0 Å². The lowest BCUT2D eigenvalue weighted by molar-refractivity contribution is -0.112. The number of ether oxygens (including phenoxy) is 1. The van der Waals surface area contributed by atoms with Crippen LogP contribution in [0.3, 0.4) is 0 Å². The van der Waals surface area contributed by atoms with Crippen LogP contribution in [0.15, 0.2) is 72.3 Å². The van der Waals surface area contributed by atoms with E-state index in [4.69, 9.17) is 39.5 Å². The van der Waals surface area contributed by atoms with Crippen molar-refractivity contribution in [2.45, 2.75) is 6.61 Å². The SMILES string of the molecule is N#C/C(=C\c1ccccc1OCc1ccccc1Cl)C(=O)Nc1cc(Cl)cc(Cl)c1. The molecule has 3 aromatic rings. The number of rotatable bonds is 6. The highest BCUT2D eigenvalue weighted by Crippen LogP contribution is 2.25. The molecule has 0 aliphatic heterocycles. The molecular weight excluding hydrogens is 443 g/mol. The van der Waals surface area contributed by atoms with Crippen molar-refractivity contribution >= 4 is 52.5 Å². The molecule has 0 radical (unpaired) electrons. The van der Waals surface area contributed by atoms with Crippen molar-refractivity contribution in [3.63, 3.8) is 0 Å². The molecule has 0 spiro atoms. The summed E-state index contributed by atoms with van der Waals surface area (Å²) in [7, 11) is 0. The average Bonchev–Trinajstić information content (AvgIpc) is 2.71. The predicted octanol–water partition coefficient (Wildman–Crippen LogP) is 6.77. The highest BCUT2D eigenvalue weighted by atomic mass is 35.5. The number of para-hydroxylation sites is 1. The van der Waals surface area contributed by atoms with Crippen LogP contribution in [0.1, 0.15) is 11.1 Å². The van der Waals surface area contributed by atoms with Crippen molar-refractivity contribution in [2.24, 2.45) is 0 Å². The first-order valence-electron chi connectivity index (χ1n) is 8.81. The zero-order valence-electron chi connectivity index (χ0n) is 15.5. The molecule has 0 aliphatic carbocycles. The van der Waals surface area contributed by atoms with Gasteiger partial charge in [0.25, 0.3) is 5.91 Å². The van der Waals surface area contributed by atoms with Gasteiger partial charge in [0.1, 0.15) is 24.0 Å². The fourth-order valence-corrected chi connectivity index (χ4v) is 3.35. The molecule has 1 N–H and O–H groups in total. The Kier molecular flexibility index (Phi) is 7.37. The van der Waals surface area contributed by atoms with Gasteiger partial charge in [-0.05, 0) is 36.4 Å². The zero-order chi connectivity index (χ0) is 21.5. The summed E-state index contributed by atoms with van der Waals surface area (Å²) in [5, 5.41) is 13.5. The summed E-state index contributed by atoms with van der Waals surface area (Å²) in [6.07, 6.45) is 1.46. The maximum atomic E-state index is 12.6. The number of nitrogens with zero attached hydrogens (tertiary/aromatic N) is 1. The molecule has 0 bridgehead atoms. The van der Waals surface area contributed by atoms with E-state index in [1.165, 1.54) is 6.08 Å². The quantitative estimate of drug-likeness (QED) is 0.328. The van der Waals surface area contributed by atoms with Crippen LogP contribution < -0.4 is 10.1 Å². The minimum absolute atomic E-state index is 0.0973. The second-order valence-corrected chi connectivity index (χ2v) is 7.48. The Morgan fingerprint density at radius 2 is 1.67 bits per heavy atom. The van der Waals surface area contributed by atoms with E-state index < -0.39 is 5.91 Å². The Hall–Kier alpha value is -2.97. The largest absolute Gasteiger partial charge is 0.488 e. The molecule has 30 heavy (non-hydrogen) atoms. The molecule has 0 atom stereocenters. The van der Waals surface area contributed by atoms with E-state index in [0.717, 1.165) is 5.56 Å². The first-order chi connectivity index (χ1) is 14.5. The standard InChI is InChI=1S/C23H15Cl3N2O2/c24-18-10-19(25)12-20(11-18)28-23(29)17(13-27)9-15-5-2-4-8-22(15)30-14-16-6-1-3-7-21(16)26/h1-12H,14H2,(H,28,29)/b17-9+. The van der Waals surface area contributed by atoms with Crippen LogP contribution in [0, 0.1) is 11.3 Å². The molecule has 0 saturated carbocycles.